The van der Waals surface area contributed by atoms with Crippen molar-refractivity contribution in [3.8, 4) is 33.4 Å². The molecule has 0 spiro atoms. The van der Waals surface area contributed by atoms with E-state index in [4.69, 9.17) is 0 Å². The Morgan fingerprint density at radius 1 is 0.302 bits per heavy atom. The minimum atomic E-state index is -0.196. The molecular formula is C43H30. The van der Waals surface area contributed by atoms with E-state index >= 15 is 0 Å². The minimum Gasteiger partial charge on any atom is -0.0622 e. The SMILES string of the molecule is CC1(C)c2c(c3ccccc3c3ccccc23)-c2c1c1cc(-c3ccccc3)ccc1c1ccc(-c3ccccc3)cc21. The molecule has 1 aliphatic rings. The summed E-state index contributed by atoms with van der Waals surface area (Å²) in [5, 5.41) is 10.7. The standard InChI is InChI=1S/C43H30/c1-43(2)41-36-20-12-10-18-32(36)31-17-9-11-19-35(31)39(41)40-37-25-29(27-13-5-3-6-14-27)21-23-33(37)34-24-22-30(26-38(34)42(40)43)28-15-7-4-8-16-28/h3-26H,1-2H3. The Kier molecular flexibility index (Phi) is 5.05. The lowest BCUT2D eigenvalue weighted by Crippen LogP contribution is -2.16. The number of fused-ring (bicyclic) bond motifs is 13. The largest absolute Gasteiger partial charge is 0.0622 e. The Balaban J connectivity index is 1.51. The van der Waals surface area contributed by atoms with E-state index in [-0.39, 0.29) is 5.41 Å². The normalized spacial score (nSPS) is 13.5. The molecule has 0 atom stereocenters. The summed E-state index contributed by atoms with van der Waals surface area (Å²) < 4.78 is 0. The maximum Gasteiger partial charge on any atom is 0.0171 e. The molecular weight excluding hydrogens is 516 g/mol. The molecule has 0 heterocycles. The molecule has 8 aromatic rings. The van der Waals surface area contributed by atoms with Crippen molar-refractivity contribution < 1.29 is 0 Å². The second kappa shape index (κ2) is 8.90. The van der Waals surface area contributed by atoms with Gasteiger partial charge in [0.25, 0.3) is 0 Å². The van der Waals surface area contributed by atoms with Crippen molar-refractivity contribution in [2.45, 2.75) is 19.3 Å². The third-order valence-electron chi connectivity index (χ3n) is 9.77. The first-order valence-corrected chi connectivity index (χ1v) is 15.2. The third-order valence-corrected chi connectivity index (χ3v) is 9.77. The van der Waals surface area contributed by atoms with Gasteiger partial charge in [0.05, 0.1) is 0 Å². The summed E-state index contributed by atoms with van der Waals surface area (Å²) in [6.45, 7) is 4.89. The zero-order valence-corrected chi connectivity index (χ0v) is 24.4. The second-order valence-corrected chi connectivity index (χ2v) is 12.5. The molecule has 202 valence electrons. The van der Waals surface area contributed by atoms with Crippen LogP contribution in [0.15, 0.2) is 146 Å². The van der Waals surface area contributed by atoms with E-state index in [0.29, 0.717) is 0 Å². The van der Waals surface area contributed by atoms with Gasteiger partial charge in [0, 0.05) is 5.41 Å². The highest BCUT2D eigenvalue weighted by molar-refractivity contribution is 6.26. The first-order valence-electron chi connectivity index (χ1n) is 15.2. The van der Waals surface area contributed by atoms with Gasteiger partial charge in [-0.3, -0.25) is 0 Å². The average molecular weight is 547 g/mol. The molecule has 0 saturated carbocycles. The van der Waals surface area contributed by atoms with Gasteiger partial charge < -0.3 is 0 Å². The van der Waals surface area contributed by atoms with E-state index in [1.54, 1.807) is 0 Å². The lowest BCUT2D eigenvalue weighted by Gasteiger charge is -2.26. The van der Waals surface area contributed by atoms with Gasteiger partial charge in [-0.05, 0) is 99.7 Å². The summed E-state index contributed by atoms with van der Waals surface area (Å²) in [7, 11) is 0. The molecule has 0 bridgehead atoms. The molecule has 0 radical (unpaired) electrons. The van der Waals surface area contributed by atoms with Crippen LogP contribution in [-0.2, 0) is 5.41 Å². The lowest BCUT2D eigenvalue weighted by molar-refractivity contribution is 0.673. The Bertz CT molecular complexity index is 2390. The summed E-state index contributed by atoms with van der Waals surface area (Å²) in [4.78, 5) is 0. The summed E-state index contributed by atoms with van der Waals surface area (Å²) in [6.07, 6.45) is 0. The van der Waals surface area contributed by atoms with Crippen molar-refractivity contribution in [1.82, 2.24) is 0 Å². The zero-order chi connectivity index (χ0) is 28.7. The highest BCUT2D eigenvalue weighted by atomic mass is 14.4. The van der Waals surface area contributed by atoms with Crippen LogP contribution >= 0.6 is 0 Å². The highest BCUT2D eigenvalue weighted by Gasteiger charge is 2.41. The second-order valence-electron chi connectivity index (χ2n) is 12.5. The summed E-state index contributed by atoms with van der Waals surface area (Å²) in [5.41, 5.74) is 10.5. The fourth-order valence-electron chi connectivity index (χ4n) is 7.95. The predicted octanol–water partition coefficient (Wildman–Crippen LogP) is 11.9. The van der Waals surface area contributed by atoms with Crippen LogP contribution in [0.3, 0.4) is 0 Å². The Morgan fingerprint density at radius 2 is 0.698 bits per heavy atom. The van der Waals surface area contributed by atoms with E-state index in [2.05, 4.69) is 159 Å². The topological polar surface area (TPSA) is 0 Å². The van der Waals surface area contributed by atoms with Gasteiger partial charge in [-0.25, -0.2) is 0 Å². The van der Waals surface area contributed by atoms with Crippen LogP contribution in [0.2, 0.25) is 0 Å². The van der Waals surface area contributed by atoms with Gasteiger partial charge in [0.15, 0.2) is 0 Å². The molecule has 0 fully saturated rings. The van der Waals surface area contributed by atoms with Crippen LogP contribution in [0.1, 0.15) is 25.0 Å². The fourth-order valence-corrected chi connectivity index (χ4v) is 7.95. The van der Waals surface area contributed by atoms with Crippen molar-refractivity contribution in [2.24, 2.45) is 0 Å². The number of hydrogen-bond acceptors (Lipinski definition) is 0. The van der Waals surface area contributed by atoms with E-state index < -0.39 is 0 Å². The quantitative estimate of drug-likeness (QED) is 0.189. The molecule has 0 heteroatoms. The van der Waals surface area contributed by atoms with Crippen molar-refractivity contribution in [3.05, 3.63) is 157 Å². The van der Waals surface area contributed by atoms with E-state index in [1.165, 1.54) is 87.6 Å². The minimum absolute atomic E-state index is 0.196. The van der Waals surface area contributed by atoms with Gasteiger partial charge >= 0.3 is 0 Å². The summed E-state index contributed by atoms with van der Waals surface area (Å²) in [5.74, 6) is 0. The molecule has 0 N–H and O–H groups in total. The summed E-state index contributed by atoms with van der Waals surface area (Å²) >= 11 is 0. The van der Waals surface area contributed by atoms with Gasteiger partial charge in [-0.15, -0.1) is 0 Å². The van der Waals surface area contributed by atoms with Crippen LogP contribution in [0.4, 0.5) is 0 Å². The maximum atomic E-state index is 2.45. The predicted molar refractivity (Wildman–Crippen MR) is 185 cm³/mol. The van der Waals surface area contributed by atoms with Gasteiger partial charge in [0.1, 0.15) is 0 Å². The molecule has 0 aromatic heterocycles. The van der Waals surface area contributed by atoms with Gasteiger partial charge in [-0.1, -0.05) is 147 Å². The lowest BCUT2D eigenvalue weighted by atomic mass is 9.77. The molecule has 0 aliphatic heterocycles. The molecule has 9 rings (SSSR count). The Hall–Kier alpha value is -5.20. The smallest absolute Gasteiger partial charge is 0.0171 e. The maximum absolute atomic E-state index is 2.45. The number of hydrogen-bond donors (Lipinski definition) is 0. The molecule has 0 unspecified atom stereocenters. The highest BCUT2D eigenvalue weighted by Crippen LogP contribution is 2.59. The van der Waals surface area contributed by atoms with E-state index in [9.17, 15) is 0 Å². The third kappa shape index (κ3) is 3.38. The van der Waals surface area contributed by atoms with Crippen molar-refractivity contribution >= 4 is 43.1 Å². The van der Waals surface area contributed by atoms with Gasteiger partial charge in [-0.2, -0.15) is 0 Å². The van der Waals surface area contributed by atoms with E-state index in [1.807, 2.05) is 0 Å². The molecule has 43 heavy (non-hydrogen) atoms. The van der Waals surface area contributed by atoms with Crippen LogP contribution in [0, 0.1) is 0 Å². The Morgan fingerprint density at radius 3 is 1.30 bits per heavy atom. The molecule has 0 nitrogen and oxygen atoms in total. The average Bonchev–Trinajstić information content (AvgIpc) is 3.33. The van der Waals surface area contributed by atoms with Crippen LogP contribution < -0.4 is 0 Å². The van der Waals surface area contributed by atoms with Crippen LogP contribution in [0.25, 0.3) is 76.5 Å². The number of rotatable bonds is 2. The molecule has 0 amide bonds. The van der Waals surface area contributed by atoms with E-state index in [0.717, 1.165) is 0 Å². The number of benzene rings is 8. The molecule has 8 aromatic carbocycles. The van der Waals surface area contributed by atoms with Crippen molar-refractivity contribution in [1.29, 1.82) is 0 Å². The van der Waals surface area contributed by atoms with Gasteiger partial charge in [0.2, 0.25) is 0 Å². The first-order chi connectivity index (χ1) is 21.1. The van der Waals surface area contributed by atoms with Crippen LogP contribution in [0.5, 0.6) is 0 Å². The summed E-state index contributed by atoms with van der Waals surface area (Å²) in [6, 6.07) is 53.8. The Labute approximate surface area is 251 Å². The van der Waals surface area contributed by atoms with Crippen LogP contribution in [-0.4, -0.2) is 0 Å². The van der Waals surface area contributed by atoms with Crippen molar-refractivity contribution in [2.75, 3.05) is 0 Å². The molecule has 1 aliphatic carbocycles. The molecule has 0 saturated heterocycles. The fraction of sp³-hybridized carbons (Fsp3) is 0.0698. The zero-order valence-electron chi connectivity index (χ0n) is 24.4. The van der Waals surface area contributed by atoms with Crippen molar-refractivity contribution in [3.63, 3.8) is 0 Å². The monoisotopic (exact) mass is 546 g/mol. The first kappa shape index (κ1) is 24.4.